The topological polar surface area (TPSA) is 50.7 Å². The van der Waals surface area contributed by atoms with Crippen molar-refractivity contribution in [3.05, 3.63) is 58.6 Å². The van der Waals surface area contributed by atoms with E-state index in [0.717, 1.165) is 15.6 Å². The molecular formula is C14H10BrFN4. The van der Waals surface area contributed by atoms with Crippen molar-refractivity contribution in [1.82, 2.24) is 15.0 Å². The van der Waals surface area contributed by atoms with Gasteiger partial charge in [0.25, 0.3) is 0 Å². The molecule has 1 aromatic carbocycles. The highest BCUT2D eigenvalue weighted by molar-refractivity contribution is 9.10. The van der Waals surface area contributed by atoms with Gasteiger partial charge in [0.05, 0.1) is 0 Å². The lowest BCUT2D eigenvalue weighted by Crippen LogP contribution is -2.03. The molecule has 0 unspecified atom stereocenters. The maximum atomic E-state index is 13.2. The van der Waals surface area contributed by atoms with Crippen LogP contribution >= 0.6 is 15.9 Å². The summed E-state index contributed by atoms with van der Waals surface area (Å²) in [6.45, 7) is 0.469. The van der Waals surface area contributed by atoms with Crippen LogP contribution in [0.3, 0.4) is 0 Å². The van der Waals surface area contributed by atoms with E-state index in [4.69, 9.17) is 0 Å². The quantitative estimate of drug-likeness (QED) is 0.797. The summed E-state index contributed by atoms with van der Waals surface area (Å²) in [6, 6.07) is 8.25. The van der Waals surface area contributed by atoms with Gasteiger partial charge in [0.2, 0.25) is 0 Å². The minimum absolute atomic E-state index is 0.262. The van der Waals surface area contributed by atoms with E-state index in [9.17, 15) is 4.39 Å². The third-order valence-electron chi connectivity index (χ3n) is 2.80. The van der Waals surface area contributed by atoms with E-state index < -0.39 is 0 Å². The molecule has 0 bridgehead atoms. The molecule has 0 saturated heterocycles. The molecule has 4 nitrogen and oxygen atoms in total. The van der Waals surface area contributed by atoms with Gasteiger partial charge in [-0.1, -0.05) is 15.9 Å². The molecule has 100 valence electrons. The Balaban J connectivity index is 1.81. The Bertz CT molecular complexity index is 763. The van der Waals surface area contributed by atoms with Crippen LogP contribution in [-0.2, 0) is 6.54 Å². The number of nitrogens with one attached hydrogen (secondary N) is 1. The fourth-order valence-electron chi connectivity index (χ4n) is 1.82. The van der Waals surface area contributed by atoms with Gasteiger partial charge in [-0.05, 0) is 35.9 Å². The summed E-state index contributed by atoms with van der Waals surface area (Å²) in [5, 5.41) is 3.15. The van der Waals surface area contributed by atoms with Crippen molar-refractivity contribution in [3.8, 4) is 0 Å². The third-order valence-corrected chi connectivity index (χ3v) is 3.57. The smallest absolute Gasteiger partial charge is 0.180 e. The third kappa shape index (κ3) is 2.75. The maximum absolute atomic E-state index is 13.2. The number of pyridine rings is 1. The van der Waals surface area contributed by atoms with E-state index in [1.54, 1.807) is 18.5 Å². The Kier molecular flexibility index (Phi) is 3.56. The zero-order valence-corrected chi connectivity index (χ0v) is 11.9. The van der Waals surface area contributed by atoms with Crippen molar-refractivity contribution in [1.29, 1.82) is 0 Å². The van der Waals surface area contributed by atoms with Crippen molar-refractivity contribution in [2.45, 2.75) is 6.54 Å². The lowest BCUT2D eigenvalue weighted by atomic mass is 10.2. The molecule has 6 heteroatoms. The lowest BCUT2D eigenvalue weighted by Gasteiger charge is -2.08. The SMILES string of the molecule is Fc1ccc(Br)c(CNc2ccc3nccnc3n2)c1. The first-order chi connectivity index (χ1) is 9.72. The first-order valence-electron chi connectivity index (χ1n) is 5.98. The Labute approximate surface area is 123 Å². The standard InChI is InChI=1S/C14H10BrFN4/c15-11-2-1-10(16)7-9(11)8-19-13-4-3-12-14(20-13)18-6-5-17-12/h1-7H,8H2,(H,18,19,20). The molecule has 0 aliphatic heterocycles. The molecule has 3 rings (SSSR count). The monoisotopic (exact) mass is 332 g/mol. The predicted octanol–water partition coefficient (Wildman–Crippen LogP) is 3.54. The average Bonchev–Trinajstić information content (AvgIpc) is 2.48. The van der Waals surface area contributed by atoms with Crippen LogP contribution in [0.2, 0.25) is 0 Å². The van der Waals surface area contributed by atoms with E-state index in [0.29, 0.717) is 18.0 Å². The summed E-state index contributed by atoms with van der Waals surface area (Å²) >= 11 is 3.39. The van der Waals surface area contributed by atoms with Crippen LogP contribution in [0.25, 0.3) is 11.2 Å². The molecule has 0 aliphatic rings. The van der Waals surface area contributed by atoms with Gasteiger partial charge in [-0.3, -0.25) is 4.98 Å². The van der Waals surface area contributed by atoms with Crippen LogP contribution in [0.1, 0.15) is 5.56 Å². The zero-order valence-electron chi connectivity index (χ0n) is 10.3. The van der Waals surface area contributed by atoms with Crippen LogP contribution < -0.4 is 5.32 Å². The van der Waals surface area contributed by atoms with E-state index in [1.807, 2.05) is 12.1 Å². The van der Waals surface area contributed by atoms with E-state index in [1.165, 1.54) is 12.1 Å². The van der Waals surface area contributed by atoms with Crippen molar-refractivity contribution in [3.63, 3.8) is 0 Å². The number of hydrogen-bond acceptors (Lipinski definition) is 4. The number of fused-ring (bicyclic) bond motifs is 1. The Morgan fingerprint density at radius 3 is 2.85 bits per heavy atom. The van der Waals surface area contributed by atoms with E-state index in [-0.39, 0.29) is 5.82 Å². The molecule has 0 amide bonds. The van der Waals surface area contributed by atoms with Crippen LogP contribution in [0.15, 0.2) is 47.2 Å². The molecular weight excluding hydrogens is 323 g/mol. The number of halogens is 2. The molecule has 0 aliphatic carbocycles. The highest BCUT2D eigenvalue weighted by atomic mass is 79.9. The molecule has 0 fully saturated rings. The fraction of sp³-hybridized carbons (Fsp3) is 0.0714. The summed E-state index contributed by atoms with van der Waals surface area (Å²) in [6.07, 6.45) is 3.23. The second kappa shape index (κ2) is 5.50. The normalized spacial score (nSPS) is 10.7. The Morgan fingerprint density at radius 1 is 1.10 bits per heavy atom. The number of anilines is 1. The summed E-state index contributed by atoms with van der Waals surface area (Å²) in [5.41, 5.74) is 2.15. The summed E-state index contributed by atoms with van der Waals surface area (Å²) in [7, 11) is 0. The Morgan fingerprint density at radius 2 is 1.95 bits per heavy atom. The van der Waals surface area contributed by atoms with Crippen molar-refractivity contribution in [2.75, 3.05) is 5.32 Å². The zero-order chi connectivity index (χ0) is 13.9. The van der Waals surface area contributed by atoms with Gasteiger partial charge in [0.1, 0.15) is 17.2 Å². The van der Waals surface area contributed by atoms with Crippen molar-refractivity contribution < 1.29 is 4.39 Å². The van der Waals surface area contributed by atoms with Crippen molar-refractivity contribution in [2.24, 2.45) is 0 Å². The number of rotatable bonds is 3. The maximum Gasteiger partial charge on any atom is 0.180 e. The van der Waals surface area contributed by atoms with E-state index >= 15 is 0 Å². The highest BCUT2D eigenvalue weighted by Gasteiger charge is 2.03. The molecule has 0 spiro atoms. The van der Waals surface area contributed by atoms with Gasteiger partial charge in [-0.2, -0.15) is 0 Å². The van der Waals surface area contributed by atoms with Crippen molar-refractivity contribution >= 4 is 32.9 Å². The number of hydrogen-bond donors (Lipinski definition) is 1. The largest absolute Gasteiger partial charge is 0.366 e. The van der Waals surface area contributed by atoms with Gasteiger partial charge >= 0.3 is 0 Å². The van der Waals surface area contributed by atoms with Crippen LogP contribution in [0, 0.1) is 5.82 Å². The summed E-state index contributed by atoms with van der Waals surface area (Å²) in [5.74, 6) is 0.413. The first kappa shape index (κ1) is 12.9. The number of aromatic nitrogens is 3. The fourth-order valence-corrected chi connectivity index (χ4v) is 2.20. The molecule has 3 aromatic rings. The number of nitrogens with zero attached hydrogens (tertiary/aromatic N) is 3. The Hall–Kier alpha value is -2.08. The molecule has 2 heterocycles. The average molecular weight is 333 g/mol. The predicted molar refractivity (Wildman–Crippen MR) is 78.8 cm³/mol. The first-order valence-corrected chi connectivity index (χ1v) is 6.77. The molecule has 1 N–H and O–H groups in total. The molecule has 2 aromatic heterocycles. The minimum Gasteiger partial charge on any atom is -0.366 e. The van der Waals surface area contributed by atoms with Crippen LogP contribution in [0.4, 0.5) is 10.2 Å². The van der Waals surface area contributed by atoms with Gasteiger partial charge in [0.15, 0.2) is 5.65 Å². The number of benzene rings is 1. The highest BCUT2D eigenvalue weighted by Crippen LogP contribution is 2.19. The second-order valence-electron chi connectivity index (χ2n) is 4.18. The minimum atomic E-state index is -0.262. The van der Waals surface area contributed by atoms with Gasteiger partial charge in [0, 0.05) is 23.4 Å². The second-order valence-corrected chi connectivity index (χ2v) is 5.04. The van der Waals surface area contributed by atoms with Crippen LogP contribution in [0.5, 0.6) is 0 Å². The van der Waals surface area contributed by atoms with E-state index in [2.05, 4.69) is 36.2 Å². The summed E-state index contributed by atoms with van der Waals surface area (Å²) in [4.78, 5) is 12.7. The van der Waals surface area contributed by atoms with Gasteiger partial charge < -0.3 is 5.32 Å². The molecule has 0 saturated carbocycles. The van der Waals surface area contributed by atoms with Gasteiger partial charge in [-0.25, -0.2) is 14.4 Å². The molecule has 20 heavy (non-hydrogen) atoms. The molecule has 0 radical (unpaired) electrons. The lowest BCUT2D eigenvalue weighted by molar-refractivity contribution is 0.625. The summed E-state index contributed by atoms with van der Waals surface area (Å²) < 4.78 is 14.1. The molecule has 0 atom stereocenters. The van der Waals surface area contributed by atoms with Crippen LogP contribution in [-0.4, -0.2) is 15.0 Å². The van der Waals surface area contributed by atoms with Gasteiger partial charge in [-0.15, -0.1) is 0 Å².